The number of rotatable bonds is 7. The minimum Gasteiger partial charge on any atom is -0.338 e. The van der Waals surface area contributed by atoms with Crippen LogP contribution in [0.25, 0.3) is 0 Å². The van der Waals surface area contributed by atoms with Gasteiger partial charge >= 0.3 is 6.03 Å². The highest BCUT2D eigenvalue weighted by molar-refractivity contribution is 9.10. The molecule has 0 radical (unpaired) electrons. The minimum absolute atomic E-state index is 0.0702. The number of halogens is 1. The molecule has 2 fully saturated rings. The first kappa shape index (κ1) is 20.1. The molecule has 0 saturated heterocycles. The van der Waals surface area contributed by atoms with Gasteiger partial charge in [0.25, 0.3) is 0 Å². The zero-order chi connectivity index (χ0) is 19.3. The van der Waals surface area contributed by atoms with E-state index in [1.54, 1.807) is 6.08 Å². The number of carbonyl (C=O) groups is 1. The molecule has 2 amide bonds. The molecule has 2 saturated carbocycles. The van der Waals surface area contributed by atoms with Gasteiger partial charge in [0.05, 0.1) is 6.54 Å². The maximum atomic E-state index is 12.4. The molecule has 2 N–H and O–H groups in total. The van der Waals surface area contributed by atoms with E-state index in [0.717, 1.165) is 43.0 Å². The Hall–Kier alpha value is -1.65. The summed E-state index contributed by atoms with van der Waals surface area (Å²) in [6.45, 7) is 3.35. The summed E-state index contributed by atoms with van der Waals surface area (Å²) < 4.78 is 1.07. The molecule has 1 aromatic carbocycles. The van der Waals surface area contributed by atoms with Gasteiger partial charge in [-0.25, -0.2) is 14.6 Å². The van der Waals surface area contributed by atoms with Gasteiger partial charge in [-0.05, 0) is 68.6 Å². The van der Waals surface area contributed by atoms with Crippen molar-refractivity contribution in [1.82, 2.24) is 10.6 Å². The Morgan fingerprint density at radius 3 is 2.67 bits per heavy atom. The van der Waals surface area contributed by atoms with Gasteiger partial charge < -0.3 is 10.6 Å². The highest BCUT2D eigenvalue weighted by Gasteiger charge is 2.49. The molecule has 3 rings (SSSR count). The van der Waals surface area contributed by atoms with Crippen LogP contribution in [0.5, 0.6) is 0 Å². The molecule has 6 heteroatoms. The Balaban J connectivity index is 1.46. The Kier molecular flexibility index (Phi) is 6.72. The smallest absolute Gasteiger partial charge is 0.315 e. The molecule has 0 spiro atoms. The molecule has 0 bridgehead atoms. The van der Waals surface area contributed by atoms with Gasteiger partial charge in [-0.1, -0.05) is 34.5 Å². The van der Waals surface area contributed by atoms with E-state index in [9.17, 15) is 9.59 Å². The predicted molar refractivity (Wildman–Crippen MR) is 109 cm³/mol. The van der Waals surface area contributed by atoms with E-state index in [1.807, 2.05) is 0 Å². The Morgan fingerprint density at radius 1 is 1.30 bits per heavy atom. The number of benzene rings is 1. The maximum Gasteiger partial charge on any atom is 0.315 e. The number of urea groups is 1. The largest absolute Gasteiger partial charge is 0.338 e. The van der Waals surface area contributed by atoms with Crippen molar-refractivity contribution in [2.75, 3.05) is 13.1 Å². The average molecular weight is 434 g/mol. The van der Waals surface area contributed by atoms with Crippen LogP contribution in [0.2, 0.25) is 0 Å². The highest BCUT2D eigenvalue weighted by atomic mass is 79.9. The van der Waals surface area contributed by atoms with E-state index in [1.165, 1.54) is 5.56 Å². The molecular formula is C21H28BrN3O2. The van der Waals surface area contributed by atoms with Crippen molar-refractivity contribution in [3.63, 3.8) is 0 Å². The summed E-state index contributed by atoms with van der Waals surface area (Å²) in [7, 11) is 0. The number of hydrogen-bond donors (Lipinski definition) is 2. The number of hydrogen-bond acceptors (Lipinski definition) is 3. The lowest BCUT2D eigenvalue weighted by atomic mass is 9.81. The van der Waals surface area contributed by atoms with Gasteiger partial charge in [0.15, 0.2) is 0 Å². The molecule has 146 valence electrons. The molecule has 5 nitrogen and oxygen atoms in total. The van der Waals surface area contributed by atoms with Crippen molar-refractivity contribution in [2.45, 2.75) is 56.9 Å². The van der Waals surface area contributed by atoms with Crippen molar-refractivity contribution in [2.24, 2.45) is 16.8 Å². The molecule has 0 aliphatic heterocycles. The quantitative estimate of drug-likeness (QED) is 0.496. The molecule has 3 atom stereocenters. The van der Waals surface area contributed by atoms with E-state index in [0.29, 0.717) is 24.9 Å². The first-order chi connectivity index (χ1) is 13.0. The second-order valence-electron chi connectivity index (χ2n) is 8.07. The SMILES string of the molecule is CC(NC(=O)NCC1CCCC(CN=C=O)C1)C1(c2ccc(Br)cc2)CC1. The third-order valence-electron chi connectivity index (χ3n) is 6.24. The minimum atomic E-state index is -0.0843. The molecule has 2 aliphatic carbocycles. The van der Waals surface area contributed by atoms with Crippen molar-refractivity contribution < 1.29 is 9.59 Å². The normalized spacial score (nSPS) is 24.4. The van der Waals surface area contributed by atoms with Gasteiger partial charge in [-0.15, -0.1) is 0 Å². The summed E-state index contributed by atoms with van der Waals surface area (Å²) in [4.78, 5) is 26.4. The molecule has 0 heterocycles. The summed E-state index contributed by atoms with van der Waals surface area (Å²) in [5.41, 5.74) is 1.37. The third kappa shape index (κ3) is 5.20. The van der Waals surface area contributed by atoms with Gasteiger partial charge in [-0.2, -0.15) is 0 Å². The van der Waals surface area contributed by atoms with E-state index in [-0.39, 0.29) is 17.5 Å². The van der Waals surface area contributed by atoms with Crippen LogP contribution in [0.4, 0.5) is 4.79 Å². The molecule has 0 aromatic heterocycles. The predicted octanol–water partition coefficient (Wildman–Crippen LogP) is 4.31. The lowest BCUT2D eigenvalue weighted by Crippen LogP contribution is -2.47. The first-order valence-electron chi connectivity index (χ1n) is 9.87. The monoisotopic (exact) mass is 433 g/mol. The number of nitrogens with zero attached hydrogens (tertiary/aromatic N) is 1. The molecule has 27 heavy (non-hydrogen) atoms. The van der Waals surface area contributed by atoms with Crippen molar-refractivity contribution in [1.29, 1.82) is 0 Å². The van der Waals surface area contributed by atoms with Crippen molar-refractivity contribution in [3.8, 4) is 0 Å². The van der Waals surface area contributed by atoms with Crippen LogP contribution in [0, 0.1) is 11.8 Å². The topological polar surface area (TPSA) is 70.6 Å². The zero-order valence-corrected chi connectivity index (χ0v) is 17.4. The number of nitrogens with one attached hydrogen (secondary N) is 2. The second kappa shape index (κ2) is 9.03. The molecular weight excluding hydrogens is 406 g/mol. The number of carbonyl (C=O) groups excluding carboxylic acids is 2. The summed E-state index contributed by atoms with van der Waals surface area (Å²) >= 11 is 3.48. The van der Waals surface area contributed by atoms with Gasteiger partial charge in [0.2, 0.25) is 6.08 Å². The summed E-state index contributed by atoms with van der Waals surface area (Å²) in [6, 6.07) is 8.44. The van der Waals surface area contributed by atoms with Gasteiger partial charge in [0.1, 0.15) is 0 Å². The van der Waals surface area contributed by atoms with Crippen LogP contribution < -0.4 is 10.6 Å². The fraction of sp³-hybridized carbons (Fsp3) is 0.619. The number of aliphatic imine (C=N–C) groups is 1. The van der Waals surface area contributed by atoms with E-state index < -0.39 is 0 Å². The highest BCUT2D eigenvalue weighted by Crippen LogP contribution is 2.51. The average Bonchev–Trinajstić information content (AvgIpc) is 3.48. The van der Waals surface area contributed by atoms with Crippen molar-refractivity contribution >= 4 is 28.0 Å². The van der Waals surface area contributed by atoms with Crippen LogP contribution >= 0.6 is 15.9 Å². The van der Waals surface area contributed by atoms with E-state index >= 15 is 0 Å². The van der Waals surface area contributed by atoms with Crippen LogP contribution in [-0.2, 0) is 10.2 Å². The number of amides is 2. The summed E-state index contributed by atoms with van der Waals surface area (Å²) in [6.07, 6.45) is 8.24. The molecule has 2 aliphatic rings. The second-order valence-corrected chi connectivity index (χ2v) is 8.99. The number of isocyanates is 1. The lowest BCUT2D eigenvalue weighted by molar-refractivity contribution is 0.224. The summed E-state index contributed by atoms with van der Waals surface area (Å²) in [5, 5.41) is 6.20. The van der Waals surface area contributed by atoms with Gasteiger partial charge in [-0.3, -0.25) is 0 Å². The first-order valence-corrected chi connectivity index (χ1v) is 10.7. The van der Waals surface area contributed by atoms with Crippen LogP contribution in [0.1, 0.15) is 51.0 Å². The van der Waals surface area contributed by atoms with Gasteiger partial charge in [0, 0.05) is 22.5 Å². The Morgan fingerprint density at radius 2 is 2.00 bits per heavy atom. The molecule has 3 unspecified atom stereocenters. The maximum absolute atomic E-state index is 12.4. The van der Waals surface area contributed by atoms with E-state index in [4.69, 9.17) is 0 Å². The standard InChI is InChI=1S/C21H28BrN3O2/c1-15(21(9-10-21)18-5-7-19(22)8-6-18)25-20(27)24-13-17-4-2-3-16(11-17)12-23-14-26/h5-8,15-17H,2-4,9-13H2,1H3,(H2,24,25,27). The van der Waals surface area contributed by atoms with Crippen LogP contribution in [0.3, 0.4) is 0 Å². The fourth-order valence-corrected chi connectivity index (χ4v) is 4.70. The Bertz CT molecular complexity index is 696. The van der Waals surface area contributed by atoms with Crippen LogP contribution in [0.15, 0.2) is 33.7 Å². The lowest BCUT2D eigenvalue weighted by Gasteiger charge is -2.29. The Labute approximate surface area is 169 Å². The fourth-order valence-electron chi connectivity index (χ4n) is 4.43. The summed E-state index contributed by atoms with van der Waals surface area (Å²) in [5.74, 6) is 0.911. The van der Waals surface area contributed by atoms with Crippen LogP contribution in [-0.4, -0.2) is 31.2 Å². The molecule has 1 aromatic rings. The zero-order valence-electron chi connectivity index (χ0n) is 15.8. The van der Waals surface area contributed by atoms with E-state index in [2.05, 4.69) is 62.7 Å². The third-order valence-corrected chi connectivity index (χ3v) is 6.77. The van der Waals surface area contributed by atoms with Crippen molar-refractivity contribution in [3.05, 3.63) is 34.3 Å².